The largest absolute Gasteiger partial charge is 0.379 e. The van der Waals surface area contributed by atoms with Crippen molar-refractivity contribution < 1.29 is 22.7 Å². The second kappa shape index (κ2) is 8.84. The molecule has 0 saturated carbocycles. The zero-order valence-corrected chi connectivity index (χ0v) is 18.0. The Bertz CT molecular complexity index is 1020. The van der Waals surface area contributed by atoms with Crippen molar-refractivity contribution in [2.45, 2.75) is 17.2 Å². The van der Waals surface area contributed by atoms with Gasteiger partial charge in [0, 0.05) is 36.6 Å². The Hall–Kier alpha value is -2.27. The normalized spacial score (nSPS) is 20.5. The van der Waals surface area contributed by atoms with Crippen LogP contribution in [0.15, 0.2) is 46.7 Å². The smallest absolute Gasteiger partial charge is 0.252 e. The predicted octanol–water partition coefficient (Wildman–Crippen LogP) is 1.44. The van der Waals surface area contributed by atoms with Gasteiger partial charge in [-0.1, -0.05) is 18.2 Å². The molecule has 0 spiro atoms. The monoisotopic (exact) mass is 449 g/mol. The molecule has 1 unspecified atom stereocenters. The number of thiophene rings is 1. The van der Waals surface area contributed by atoms with Crippen molar-refractivity contribution in [1.29, 1.82) is 0 Å². The molecule has 2 saturated heterocycles. The molecule has 1 aromatic carbocycles. The average Bonchev–Trinajstić information content (AvgIpc) is 3.40. The molecular weight excluding hydrogens is 426 g/mol. The molecule has 1 N–H and O–H groups in total. The van der Waals surface area contributed by atoms with E-state index in [-0.39, 0.29) is 29.0 Å². The summed E-state index contributed by atoms with van der Waals surface area (Å²) in [6, 6.07) is 12.6. The van der Waals surface area contributed by atoms with Gasteiger partial charge in [-0.25, -0.2) is 8.42 Å². The summed E-state index contributed by atoms with van der Waals surface area (Å²) < 4.78 is 32.3. The highest BCUT2D eigenvalue weighted by Gasteiger charge is 2.35. The Labute approximate surface area is 179 Å². The van der Waals surface area contributed by atoms with Gasteiger partial charge in [0.25, 0.3) is 10.0 Å². The van der Waals surface area contributed by atoms with Crippen molar-refractivity contribution in [3.8, 4) is 0 Å². The number of carbonyl (C=O) groups excluding carboxylic acids is 2. The van der Waals surface area contributed by atoms with Gasteiger partial charge in [0.15, 0.2) is 0 Å². The van der Waals surface area contributed by atoms with Gasteiger partial charge >= 0.3 is 0 Å². The summed E-state index contributed by atoms with van der Waals surface area (Å²) >= 11 is 1.15. The summed E-state index contributed by atoms with van der Waals surface area (Å²) in [7, 11) is -3.53. The summed E-state index contributed by atoms with van der Waals surface area (Å²) in [5.74, 6) is -0.696. The fourth-order valence-electron chi connectivity index (χ4n) is 3.57. The molecule has 2 aliphatic rings. The molecule has 2 aromatic rings. The van der Waals surface area contributed by atoms with Crippen LogP contribution in [0.5, 0.6) is 0 Å². The SMILES string of the molecule is O=C(NCc1ccc(S(=O)(=O)N2CCOCC2)s1)C1CC(=O)N(c2ccccc2)C1. The van der Waals surface area contributed by atoms with Crippen LogP contribution >= 0.6 is 11.3 Å². The highest BCUT2D eigenvalue weighted by molar-refractivity contribution is 7.91. The summed E-state index contributed by atoms with van der Waals surface area (Å²) in [6.45, 7) is 2.06. The molecular formula is C20H23N3O5S2. The summed E-state index contributed by atoms with van der Waals surface area (Å²) in [4.78, 5) is 27.2. The lowest BCUT2D eigenvalue weighted by Crippen LogP contribution is -2.40. The van der Waals surface area contributed by atoms with Gasteiger partial charge in [-0.05, 0) is 24.3 Å². The summed E-state index contributed by atoms with van der Waals surface area (Å²) in [6.07, 6.45) is 0.168. The first-order chi connectivity index (χ1) is 14.4. The quantitative estimate of drug-likeness (QED) is 0.720. The van der Waals surface area contributed by atoms with E-state index >= 15 is 0 Å². The number of hydrogen-bond donors (Lipinski definition) is 1. The van der Waals surface area contributed by atoms with Crippen LogP contribution in [-0.2, 0) is 30.9 Å². The number of ether oxygens (including phenoxy) is 1. The lowest BCUT2D eigenvalue weighted by atomic mass is 10.1. The second-order valence-corrected chi connectivity index (χ2v) is 10.5. The first-order valence-corrected chi connectivity index (χ1v) is 12.0. The molecule has 3 heterocycles. The van der Waals surface area contributed by atoms with Crippen molar-refractivity contribution in [2.24, 2.45) is 5.92 Å². The number of rotatable bonds is 6. The summed E-state index contributed by atoms with van der Waals surface area (Å²) in [5.41, 5.74) is 0.786. The Morgan fingerprint density at radius 3 is 2.60 bits per heavy atom. The highest BCUT2D eigenvalue weighted by Crippen LogP contribution is 2.27. The molecule has 0 aliphatic carbocycles. The van der Waals surface area contributed by atoms with Crippen LogP contribution in [0.1, 0.15) is 11.3 Å². The maximum Gasteiger partial charge on any atom is 0.252 e. The van der Waals surface area contributed by atoms with Gasteiger partial charge in [0.2, 0.25) is 11.8 Å². The van der Waals surface area contributed by atoms with E-state index in [0.717, 1.165) is 21.9 Å². The number of hydrogen-bond acceptors (Lipinski definition) is 6. The predicted molar refractivity (Wildman–Crippen MR) is 113 cm³/mol. The number of nitrogens with one attached hydrogen (secondary N) is 1. The Balaban J connectivity index is 1.34. The lowest BCUT2D eigenvalue weighted by molar-refractivity contribution is -0.126. The van der Waals surface area contributed by atoms with Crippen LogP contribution in [0.4, 0.5) is 5.69 Å². The number of benzene rings is 1. The van der Waals surface area contributed by atoms with Crippen LogP contribution in [0.3, 0.4) is 0 Å². The fraction of sp³-hybridized carbons (Fsp3) is 0.400. The maximum absolute atomic E-state index is 12.7. The Kier molecular flexibility index (Phi) is 6.19. The minimum Gasteiger partial charge on any atom is -0.379 e. The van der Waals surface area contributed by atoms with Crippen molar-refractivity contribution in [3.05, 3.63) is 47.3 Å². The van der Waals surface area contributed by atoms with Crippen molar-refractivity contribution in [2.75, 3.05) is 37.7 Å². The van der Waals surface area contributed by atoms with Gasteiger partial charge in [-0.2, -0.15) is 4.31 Å². The molecule has 4 rings (SSSR count). The first-order valence-electron chi connectivity index (χ1n) is 9.75. The van der Waals surface area contributed by atoms with Crippen LogP contribution in [0.2, 0.25) is 0 Å². The molecule has 8 nitrogen and oxygen atoms in total. The molecule has 160 valence electrons. The fourth-order valence-corrected chi connectivity index (χ4v) is 6.42. The zero-order valence-electron chi connectivity index (χ0n) is 16.3. The minimum atomic E-state index is -3.53. The molecule has 2 fully saturated rings. The van der Waals surface area contributed by atoms with Gasteiger partial charge in [-0.15, -0.1) is 11.3 Å². The van der Waals surface area contributed by atoms with Gasteiger partial charge in [0.05, 0.1) is 25.7 Å². The van der Waals surface area contributed by atoms with Crippen molar-refractivity contribution in [3.63, 3.8) is 0 Å². The molecule has 0 radical (unpaired) electrons. The van der Waals surface area contributed by atoms with E-state index in [2.05, 4.69) is 5.32 Å². The van der Waals surface area contributed by atoms with E-state index < -0.39 is 15.9 Å². The number of carbonyl (C=O) groups is 2. The van der Waals surface area contributed by atoms with Crippen LogP contribution in [0, 0.1) is 5.92 Å². The van der Waals surface area contributed by atoms with E-state index in [1.54, 1.807) is 17.0 Å². The highest BCUT2D eigenvalue weighted by atomic mass is 32.2. The van der Waals surface area contributed by atoms with Gasteiger partial charge in [-0.3, -0.25) is 9.59 Å². The van der Waals surface area contributed by atoms with E-state index in [1.807, 2.05) is 30.3 Å². The average molecular weight is 450 g/mol. The molecule has 2 amide bonds. The molecule has 30 heavy (non-hydrogen) atoms. The van der Waals surface area contributed by atoms with Gasteiger partial charge < -0.3 is 15.0 Å². The van der Waals surface area contributed by atoms with Crippen LogP contribution in [0.25, 0.3) is 0 Å². The number of nitrogens with zero attached hydrogens (tertiary/aromatic N) is 2. The second-order valence-electron chi connectivity index (χ2n) is 7.20. The number of para-hydroxylation sites is 1. The van der Waals surface area contributed by atoms with E-state index in [4.69, 9.17) is 4.74 Å². The number of amides is 2. The van der Waals surface area contributed by atoms with E-state index in [9.17, 15) is 18.0 Å². The van der Waals surface area contributed by atoms with E-state index in [0.29, 0.717) is 32.8 Å². The minimum absolute atomic E-state index is 0.0728. The molecule has 1 atom stereocenters. The molecule has 2 aliphatic heterocycles. The van der Waals surface area contributed by atoms with E-state index in [1.165, 1.54) is 4.31 Å². The Morgan fingerprint density at radius 2 is 1.87 bits per heavy atom. The third kappa shape index (κ3) is 4.41. The molecule has 0 bridgehead atoms. The molecule has 10 heteroatoms. The Morgan fingerprint density at radius 1 is 1.13 bits per heavy atom. The maximum atomic E-state index is 12.7. The molecule has 1 aromatic heterocycles. The van der Waals surface area contributed by atoms with Crippen LogP contribution in [-0.4, -0.2) is 57.4 Å². The number of sulfonamides is 1. The zero-order chi connectivity index (χ0) is 21.1. The standard InChI is InChI=1S/C20H23N3O5S2/c24-18-12-15(14-23(18)16-4-2-1-3-5-16)20(25)21-13-17-6-7-19(29-17)30(26,27)22-8-10-28-11-9-22/h1-7,15H,8-14H2,(H,21,25). The third-order valence-corrected chi connectivity index (χ3v) is 8.65. The lowest BCUT2D eigenvalue weighted by Gasteiger charge is -2.25. The van der Waals surface area contributed by atoms with Gasteiger partial charge in [0.1, 0.15) is 4.21 Å². The number of morpholine rings is 1. The summed E-state index contributed by atoms with van der Waals surface area (Å²) in [5, 5.41) is 2.84. The van der Waals surface area contributed by atoms with Crippen molar-refractivity contribution >= 4 is 38.9 Å². The van der Waals surface area contributed by atoms with Crippen LogP contribution < -0.4 is 10.2 Å². The topological polar surface area (TPSA) is 96.0 Å². The number of anilines is 1. The van der Waals surface area contributed by atoms with Crippen molar-refractivity contribution in [1.82, 2.24) is 9.62 Å². The first kappa shape index (κ1) is 21.0. The third-order valence-electron chi connectivity index (χ3n) is 5.20.